The maximum Gasteiger partial charge on any atom is 0.231 e. The normalized spacial score (nSPS) is 17.3. The van der Waals surface area contributed by atoms with E-state index in [-0.39, 0.29) is 6.04 Å². The maximum atomic E-state index is 11.0. The zero-order chi connectivity index (χ0) is 18.3. The van der Waals surface area contributed by atoms with Crippen LogP contribution in [0.2, 0.25) is 0 Å². The Hall–Kier alpha value is -2.49. The quantitative estimate of drug-likeness (QED) is 0.659. The van der Waals surface area contributed by atoms with Gasteiger partial charge in [-0.15, -0.1) is 5.10 Å². The minimum atomic E-state index is -2.01. The standard InChI is InChI=1S/C17H18N4O4S/c1-24-16-8-14-15(9-17(16)25-2)21(20-18-14)13-4-3-10-5-12(19-26(22)23)6-11(10)7-13/h3-4,7-9,12,19H,5-6H2,1-2H3,(H,22,23). The number of benzene rings is 2. The molecule has 26 heavy (non-hydrogen) atoms. The van der Waals surface area contributed by atoms with E-state index in [0.29, 0.717) is 23.4 Å². The highest BCUT2D eigenvalue weighted by Crippen LogP contribution is 2.32. The third kappa shape index (κ3) is 2.94. The second-order valence-corrected chi connectivity index (χ2v) is 6.86. The molecule has 2 N–H and O–H groups in total. The molecule has 136 valence electrons. The van der Waals surface area contributed by atoms with Crippen molar-refractivity contribution in [2.75, 3.05) is 14.2 Å². The van der Waals surface area contributed by atoms with Crippen molar-refractivity contribution in [3.63, 3.8) is 0 Å². The first kappa shape index (κ1) is 17.0. The molecule has 0 amide bonds. The van der Waals surface area contributed by atoms with Gasteiger partial charge in [-0.25, -0.2) is 13.6 Å². The van der Waals surface area contributed by atoms with E-state index >= 15 is 0 Å². The molecule has 0 saturated heterocycles. The second-order valence-electron chi connectivity index (χ2n) is 6.12. The van der Waals surface area contributed by atoms with Crippen LogP contribution in [0.5, 0.6) is 11.5 Å². The number of methoxy groups -OCH3 is 2. The first-order valence-corrected chi connectivity index (χ1v) is 9.16. The van der Waals surface area contributed by atoms with Gasteiger partial charge < -0.3 is 9.47 Å². The van der Waals surface area contributed by atoms with Crippen molar-refractivity contribution in [2.24, 2.45) is 0 Å². The summed E-state index contributed by atoms with van der Waals surface area (Å²) in [5.41, 5.74) is 4.70. The number of hydrogen-bond acceptors (Lipinski definition) is 5. The van der Waals surface area contributed by atoms with Crippen molar-refractivity contribution < 1.29 is 18.2 Å². The highest BCUT2D eigenvalue weighted by atomic mass is 32.2. The van der Waals surface area contributed by atoms with Gasteiger partial charge in [0, 0.05) is 18.2 Å². The Morgan fingerprint density at radius 2 is 1.88 bits per heavy atom. The molecule has 0 aliphatic heterocycles. The van der Waals surface area contributed by atoms with Gasteiger partial charge in [0.15, 0.2) is 11.5 Å². The van der Waals surface area contributed by atoms with Crippen molar-refractivity contribution in [3.05, 3.63) is 41.5 Å². The molecule has 3 aromatic rings. The van der Waals surface area contributed by atoms with Crippen molar-refractivity contribution in [1.29, 1.82) is 0 Å². The van der Waals surface area contributed by atoms with E-state index in [2.05, 4.69) is 15.0 Å². The number of nitrogens with one attached hydrogen (secondary N) is 1. The Kier molecular flexibility index (Phi) is 4.35. The van der Waals surface area contributed by atoms with E-state index < -0.39 is 11.3 Å². The molecule has 9 heteroatoms. The summed E-state index contributed by atoms with van der Waals surface area (Å²) in [6.07, 6.45) is 1.42. The lowest BCUT2D eigenvalue weighted by Crippen LogP contribution is -2.30. The minimum Gasteiger partial charge on any atom is -0.493 e. The summed E-state index contributed by atoms with van der Waals surface area (Å²) in [6, 6.07) is 9.65. The second kappa shape index (κ2) is 6.67. The molecule has 8 nitrogen and oxygen atoms in total. The third-order valence-corrected chi connectivity index (χ3v) is 5.12. The minimum absolute atomic E-state index is 0.0390. The van der Waals surface area contributed by atoms with Gasteiger partial charge in [-0.2, -0.15) is 0 Å². The van der Waals surface area contributed by atoms with Crippen LogP contribution < -0.4 is 14.2 Å². The summed E-state index contributed by atoms with van der Waals surface area (Å²) in [5.74, 6) is 1.21. The smallest absolute Gasteiger partial charge is 0.231 e. The molecule has 2 aromatic carbocycles. The fourth-order valence-electron chi connectivity index (χ4n) is 3.40. The average molecular weight is 374 g/mol. The fraction of sp³-hybridized carbons (Fsp3) is 0.294. The topological polar surface area (TPSA) is 98.5 Å². The Morgan fingerprint density at radius 3 is 2.62 bits per heavy atom. The number of nitrogens with zero attached hydrogens (tertiary/aromatic N) is 3. The van der Waals surface area contributed by atoms with Gasteiger partial charge in [-0.1, -0.05) is 11.3 Å². The zero-order valence-electron chi connectivity index (χ0n) is 14.3. The maximum absolute atomic E-state index is 11.0. The Labute approximate surface area is 152 Å². The van der Waals surface area contributed by atoms with Crippen LogP contribution in [0.1, 0.15) is 11.1 Å². The summed E-state index contributed by atoms with van der Waals surface area (Å²) < 4.78 is 35.1. The van der Waals surface area contributed by atoms with Gasteiger partial charge in [-0.05, 0) is 36.1 Å². The van der Waals surface area contributed by atoms with Crippen molar-refractivity contribution in [2.45, 2.75) is 18.9 Å². The van der Waals surface area contributed by atoms with Crippen LogP contribution in [0.4, 0.5) is 0 Å². The SMILES string of the molecule is COc1cc2nnn(-c3ccc4c(c3)CC(NS(=O)O)C4)c2cc1OC. The fourth-order valence-corrected chi connectivity index (χ4v) is 3.85. The Morgan fingerprint density at radius 1 is 1.15 bits per heavy atom. The molecule has 2 atom stereocenters. The number of hydrogen-bond donors (Lipinski definition) is 2. The number of rotatable bonds is 5. The average Bonchev–Trinajstić information content (AvgIpc) is 3.21. The van der Waals surface area contributed by atoms with Gasteiger partial charge in [0.1, 0.15) is 5.52 Å². The lowest BCUT2D eigenvalue weighted by Gasteiger charge is -2.09. The van der Waals surface area contributed by atoms with Crippen molar-refractivity contribution >= 4 is 22.3 Å². The van der Waals surface area contributed by atoms with E-state index in [1.54, 1.807) is 25.0 Å². The molecule has 1 heterocycles. The van der Waals surface area contributed by atoms with Gasteiger partial charge in [-0.3, -0.25) is 4.55 Å². The highest BCUT2D eigenvalue weighted by Gasteiger charge is 2.23. The van der Waals surface area contributed by atoms with Crippen LogP contribution in [0.3, 0.4) is 0 Å². The molecule has 2 unspecified atom stereocenters. The number of ether oxygens (including phenoxy) is 2. The molecular weight excluding hydrogens is 356 g/mol. The van der Waals surface area contributed by atoms with E-state index in [1.165, 1.54) is 5.56 Å². The molecule has 1 aromatic heterocycles. The molecule has 1 aliphatic carbocycles. The molecule has 0 fully saturated rings. The van der Waals surface area contributed by atoms with Crippen LogP contribution in [0.15, 0.2) is 30.3 Å². The molecule has 0 saturated carbocycles. The van der Waals surface area contributed by atoms with Crippen molar-refractivity contribution in [3.8, 4) is 17.2 Å². The molecule has 0 spiro atoms. The summed E-state index contributed by atoms with van der Waals surface area (Å²) in [4.78, 5) is 0. The van der Waals surface area contributed by atoms with Crippen LogP contribution in [-0.2, 0) is 24.1 Å². The van der Waals surface area contributed by atoms with Crippen LogP contribution in [0.25, 0.3) is 16.7 Å². The summed E-state index contributed by atoms with van der Waals surface area (Å²) in [5, 5.41) is 8.48. The van der Waals surface area contributed by atoms with E-state index in [9.17, 15) is 4.21 Å². The van der Waals surface area contributed by atoms with Crippen LogP contribution in [-0.4, -0.2) is 44.0 Å². The lowest BCUT2D eigenvalue weighted by atomic mass is 10.1. The monoisotopic (exact) mass is 374 g/mol. The molecule has 0 radical (unpaired) electrons. The highest BCUT2D eigenvalue weighted by molar-refractivity contribution is 7.77. The molecular formula is C17H18N4O4S. The molecule has 4 rings (SSSR count). The summed E-state index contributed by atoms with van der Waals surface area (Å²) in [7, 11) is 3.17. The van der Waals surface area contributed by atoms with Gasteiger partial charge in [0.2, 0.25) is 11.3 Å². The number of aromatic nitrogens is 3. The predicted octanol–water partition coefficient (Wildman–Crippen LogP) is 1.63. The lowest BCUT2D eigenvalue weighted by molar-refractivity contribution is 0.355. The van der Waals surface area contributed by atoms with Crippen molar-refractivity contribution in [1.82, 2.24) is 19.7 Å². The summed E-state index contributed by atoms with van der Waals surface area (Å²) in [6.45, 7) is 0. The predicted molar refractivity (Wildman–Crippen MR) is 97.1 cm³/mol. The van der Waals surface area contributed by atoms with Gasteiger partial charge in [0.05, 0.1) is 25.4 Å². The van der Waals surface area contributed by atoms with E-state index in [1.807, 2.05) is 24.3 Å². The molecule has 0 bridgehead atoms. The van der Waals surface area contributed by atoms with Gasteiger partial charge in [0.25, 0.3) is 0 Å². The zero-order valence-corrected chi connectivity index (χ0v) is 15.1. The Bertz CT molecular complexity index is 1000. The van der Waals surface area contributed by atoms with Crippen LogP contribution in [0, 0.1) is 0 Å². The Balaban J connectivity index is 1.72. The first-order chi connectivity index (χ1) is 12.6. The van der Waals surface area contributed by atoms with E-state index in [0.717, 1.165) is 23.2 Å². The molecule has 1 aliphatic rings. The first-order valence-electron chi connectivity index (χ1n) is 8.05. The van der Waals surface area contributed by atoms with Crippen LogP contribution >= 0.6 is 0 Å². The third-order valence-electron chi connectivity index (χ3n) is 4.59. The van der Waals surface area contributed by atoms with Gasteiger partial charge >= 0.3 is 0 Å². The van der Waals surface area contributed by atoms with E-state index in [4.69, 9.17) is 14.0 Å². The number of fused-ring (bicyclic) bond motifs is 2. The largest absolute Gasteiger partial charge is 0.493 e. The summed E-state index contributed by atoms with van der Waals surface area (Å²) >= 11 is -2.01.